The summed E-state index contributed by atoms with van der Waals surface area (Å²) in [6.07, 6.45) is -6.94. The number of hydrogen-bond donors (Lipinski definition) is 3. The van der Waals surface area contributed by atoms with Gasteiger partial charge in [0.1, 0.15) is 11.5 Å². The van der Waals surface area contributed by atoms with E-state index >= 15 is 0 Å². The third-order valence-electron chi connectivity index (χ3n) is 3.91. The summed E-state index contributed by atoms with van der Waals surface area (Å²) in [5, 5.41) is 1.94. The fraction of sp³-hybridized carbons (Fsp3) is 0.100. The van der Waals surface area contributed by atoms with Crippen LogP contribution in [0.5, 0.6) is 11.5 Å². The molecule has 2 aromatic carbocycles. The van der Waals surface area contributed by atoms with Gasteiger partial charge < -0.3 is 10.1 Å². The second-order valence-electron chi connectivity index (χ2n) is 6.31. The summed E-state index contributed by atoms with van der Waals surface area (Å²) in [5.74, 6) is 1.03. The number of hydrogen-bond acceptors (Lipinski definition) is 4. The molecule has 0 saturated carbocycles. The normalized spacial score (nSPS) is 11.6. The molecule has 32 heavy (non-hydrogen) atoms. The molecule has 0 atom stereocenters. The molecular weight excluding hydrogens is 442 g/mol. The number of nitrogens with one attached hydrogen (secondary N) is 3. The van der Waals surface area contributed by atoms with Crippen molar-refractivity contribution in [1.29, 1.82) is 0 Å². The van der Waals surface area contributed by atoms with Crippen molar-refractivity contribution in [3.63, 3.8) is 0 Å². The highest BCUT2D eigenvalue weighted by Gasteiger charge is 2.37. The Kier molecular flexibility index (Phi) is 6.42. The summed E-state index contributed by atoms with van der Waals surface area (Å²) in [6, 6.07) is 9.21. The van der Waals surface area contributed by atoms with Crippen molar-refractivity contribution in [3.05, 3.63) is 78.1 Å². The monoisotopic (exact) mass is 456 g/mol. The highest BCUT2D eigenvalue weighted by Crippen LogP contribution is 2.37. The van der Waals surface area contributed by atoms with Crippen molar-refractivity contribution < 1.29 is 35.9 Å². The predicted molar refractivity (Wildman–Crippen MR) is 103 cm³/mol. The second-order valence-corrected chi connectivity index (χ2v) is 6.31. The van der Waals surface area contributed by atoms with E-state index in [-0.39, 0.29) is 6.07 Å². The van der Waals surface area contributed by atoms with Gasteiger partial charge in [0.15, 0.2) is 0 Å². The number of urea groups is 1. The average molecular weight is 456 g/mol. The zero-order valence-corrected chi connectivity index (χ0v) is 15.9. The molecule has 3 N–H and O–H groups in total. The maximum Gasteiger partial charge on any atom is 0.416 e. The molecule has 1 aromatic heterocycles. The van der Waals surface area contributed by atoms with E-state index in [9.17, 15) is 31.1 Å². The first kappa shape index (κ1) is 22.7. The van der Waals surface area contributed by atoms with Crippen LogP contribution >= 0.6 is 0 Å². The molecule has 3 aromatic rings. The number of rotatable bonds is 5. The Morgan fingerprint density at radius 1 is 0.750 bits per heavy atom. The van der Waals surface area contributed by atoms with E-state index in [0.717, 1.165) is 0 Å². The smallest absolute Gasteiger partial charge is 0.416 e. The Morgan fingerprint density at radius 3 is 1.81 bits per heavy atom. The van der Waals surface area contributed by atoms with Crippen molar-refractivity contribution in [2.75, 3.05) is 10.7 Å². The van der Waals surface area contributed by atoms with E-state index < -0.39 is 35.2 Å². The quantitative estimate of drug-likeness (QED) is 0.322. The van der Waals surface area contributed by atoms with Gasteiger partial charge in [0.2, 0.25) is 0 Å². The molecule has 12 heteroatoms. The molecule has 2 amide bonds. The Labute approximate surface area is 177 Å². The SMILES string of the molecule is O=C(NNc1ccc(Oc2ccncc2)cc1)Nc1cc(C(F)(F)F)cc(C(F)(F)F)c1. The zero-order valence-electron chi connectivity index (χ0n) is 15.9. The summed E-state index contributed by atoms with van der Waals surface area (Å²) >= 11 is 0. The fourth-order valence-corrected chi connectivity index (χ4v) is 2.47. The highest BCUT2D eigenvalue weighted by molar-refractivity contribution is 5.90. The predicted octanol–water partition coefficient (Wildman–Crippen LogP) is 6.06. The molecule has 0 saturated heterocycles. The average Bonchev–Trinajstić information content (AvgIpc) is 2.72. The van der Waals surface area contributed by atoms with Crippen LogP contribution in [0, 0.1) is 0 Å². The van der Waals surface area contributed by atoms with Crippen LogP contribution in [0.1, 0.15) is 11.1 Å². The first-order chi connectivity index (χ1) is 15.0. The van der Waals surface area contributed by atoms with Gasteiger partial charge in [-0.25, -0.2) is 4.79 Å². The van der Waals surface area contributed by atoms with Gasteiger partial charge in [0.25, 0.3) is 0 Å². The molecule has 1 heterocycles. The standard InChI is InChI=1S/C20H14F6N4O2/c21-19(22,23)12-9-13(20(24,25)26)11-15(10-12)28-18(31)30-29-14-1-3-16(4-2-14)32-17-5-7-27-8-6-17/h1-11,29H,(H2,28,30,31). The third kappa shape index (κ3) is 6.27. The molecular formula is C20H14F6N4O2. The third-order valence-corrected chi connectivity index (χ3v) is 3.91. The summed E-state index contributed by atoms with van der Waals surface area (Å²) in [7, 11) is 0. The minimum Gasteiger partial charge on any atom is -0.457 e. The number of amides is 2. The lowest BCUT2D eigenvalue weighted by Crippen LogP contribution is -2.33. The number of carbonyl (C=O) groups is 1. The van der Waals surface area contributed by atoms with Crippen molar-refractivity contribution >= 4 is 17.4 Å². The Hall–Kier alpha value is -3.96. The maximum absolute atomic E-state index is 12.9. The van der Waals surface area contributed by atoms with E-state index in [2.05, 4.69) is 15.8 Å². The number of benzene rings is 2. The van der Waals surface area contributed by atoms with Gasteiger partial charge in [-0.3, -0.25) is 15.8 Å². The number of halogens is 6. The number of ether oxygens (including phenoxy) is 1. The molecule has 0 fully saturated rings. The number of hydrazine groups is 1. The van der Waals surface area contributed by atoms with Crippen LogP contribution in [-0.2, 0) is 12.4 Å². The van der Waals surface area contributed by atoms with Gasteiger partial charge in [-0.2, -0.15) is 26.3 Å². The molecule has 0 aliphatic heterocycles. The van der Waals surface area contributed by atoms with E-state index in [1.54, 1.807) is 36.7 Å². The fourth-order valence-electron chi connectivity index (χ4n) is 2.47. The molecule has 3 rings (SSSR count). The number of aromatic nitrogens is 1. The van der Waals surface area contributed by atoms with Crippen molar-refractivity contribution in [2.24, 2.45) is 0 Å². The minimum atomic E-state index is -5.02. The van der Waals surface area contributed by atoms with Gasteiger partial charge in [-0.15, -0.1) is 0 Å². The van der Waals surface area contributed by atoms with Crippen LogP contribution in [0.2, 0.25) is 0 Å². The van der Waals surface area contributed by atoms with Crippen LogP contribution in [0.15, 0.2) is 67.0 Å². The molecule has 0 bridgehead atoms. The topological polar surface area (TPSA) is 75.3 Å². The lowest BCUT2D eigenvalue weighted by atomic mass is 10.1. The number of nitrogens with zero attached hydrogens (tertiary/aromatic N) is 1. The largest absolute Gasteiger partial charge is 0.457 e. The number of carbonyl (C=O) groups excluding carboxylic acids is 1. The Morgan fingerprint density at radius 2 is 1.28 bits per heavy atom. The maximum atomic E-state index is 12.9. The Bertz CT molecular complexity index is 1040. The van der Waals surface area contributed by atoms with Crippen LogP contribution in [0.25, 0.3) is 0 Å². The first-order valence-electron chi connectivity index (χ1n) is 8.81. The summed E-state index contributed by atoms with van der Waals surface area (Å²) < 4.78 is 82.9. The van der Waals surface area contributed by atoms with Crippen LogP contribution in [-0.4, -0.2) is 11.0 Å². The minimum absolute atomic E-state index is 0.0308. The van der Waals surface area contributed by atoms with Gasteiger partial charge in [0.05, 0.1) is 16.8 Å². The molecule has 0 aliphatic rings. The van der Waals surface area contributed by atoms with Crippen molar-refractivity contribution in [2.45, 2.75) is 12.4 Å². The number of pyridine rings is 1. The molecule has 0 radical (unpaired) electrons. The molecule has 0 unspecified atom stereocenters. The summed E-state index contributed by atoms with van der Waals surface area (Å²) in [6.45, 7) is 0. The number of anilines is 2. The van der Waals surface area contributed by atoms with Crippen molar-refractivity contribution in [3.8, 4) is 11.5 Å². The molecule has 168 valence electrons. The van der Waals surface area contributed by atoms with Crippen molar-refractivity contribution in [1.82, 2.24) is 10.4 Å². The van der Waals surface area contributed by atoms with Gasteiger partial charge in [-0.05, 0) is 54.6 Å². The van der Waals surface area contributed by atoms with Gasteiger partial charge >= 0.3 is 18.4 Å². The highest BCUT2D eigenvalue weighted by atomic mass is 19.4. The lowest BCUT2D eigenvalue weighted by molar-refractivity contribution is -0.143. The molecule has 0 spiro atoms. The van der Waals surface area contributed by atoms with E-state index in [4.69, 9.17) is 4.74 Å². The molecule has 6 nitrogen and oxygen atoms in total. The van der Waals surface area contributed by atoms with Crippen LogP contribution in [0.4, 0.5) is 42.5 Å². The van der Waals surface area contributed by atoms with E-state index in [1.165, 1.54) is 12.1 Å². The van der Waals surface area contributed by atoms with E-state index in [1.807, 2.05) is 5.32 Å². The van der Waals surface area contributed by atoms with E-state index in [0.29, 0.717) is 29.3 Å². The van der Waals surface area contributed by atoms with Crippen LogP contribution in [0.3, 0.4) is 0 Å². The molecule has 0 aliphatic carbocycles. The van der Waals surface area contributed by atoms with Gasteiger partial charge in [0, 0.05) is 18.1 Å². The van der Waals surface area contributed by atoms with Gasteiger partial charge in [-0.1, -0.05) is 0 Å². The first-order valence-corrected chi connectivity index (χ1v) is 8.81. The number of alkyl halides is 6. The summed E-state index contributed by atoms with van der Waals surface area (Å²) in [4.78, 5) is 15.8. The zero-order chi connectivity index (χ0) is 23.4. The lowest BCUT2D eigenvalue weighted by Gasteiger charge is -2.15. The summed E-state index contributed by atoms with van der Waals surface area (Å²) in [5.41, 5.74) is 1.22. The van der Waals surface area contributed by atoms with Crippen LogP contribution < -0.4 is 20.9 Å². The second kappa shape index (κ2) is 9.04. The Balaban J connectivity index is 1.62.